The third-order valence-electron chi connectivity index (χ3n) is 3.25. The van der Waals surface area contributed by atoms with Gasteiger partial charge in [-0.05, 0) is 6.42 Å². The first-order valence-corrected chi connectivity index (χ1v) is 7.51. The molecule has 0 bridgehead atoms. The average molecular weight is 276 g/mol. The first-order valence-electron chi connectivity index (χ1n) is 6.00. The molecule has 1 unspecified atom stereocenters. The van der Waals surface area contributed by atoms with E-state index >= 15 is 0 Å². The van der Waals surface area contributed by atoms with Crippen LogP contribution in [0.3, 0.4) is 0 Å². The fraction of sp³-hybridized carbons (Fsp3) is 0.909. The number of likely N-dealkylation sites (N-methyl/N-ethyl adjacent to an activating group) is 1. The number of hydrogen-bond acceptors (Lipinski definition) is 5. The zero-order chi connectivity index (χ0) is 13.8. The van der Waals surface area contributed by atoms with Crippen molar-refractivity contribution in [2.75, 3.05) is 26.8 Å². The highest BCUT2D eigenvalue weighted by Gasteiger charge is 2.36. The highest BCUT2D eigenvalue weighted by molar-refractivity contribution is 7.89. The van der Waals surface area contributed by atoms with Crippen molar-refractivity contribution < 1.29 is 18.3 Å². The van der Waals surface area contributed by atoms with Crippen LogP contribution < -0.4 is 0 Å². The minimum absolute atomic E-state index is 0.0108. The molecule has 1 fully saturated rings. The van der Waals surface area contributed by atoms with E-state index in [0.29, 0.717) is 26.1 Å². The summed E-state index contributed by atoms with van der Waals surface area (Å²) in [6.07, 6.45) is 1.07. The van der Waals surface area contributed by atoms with Crippen molar-refractivity contribution in [1.29, 1.82) is 5.26 Å². The molecule has 1 heterocycles. The van der Waals surface area contributed by atoms with Gasteiger partial charge in [0.05, 0.1) is 11.7 Å². The topological polar surface area (TPSA) is 90.6 Å². The van der Waals surface area contributed by atoms with Crippen LogP contribution in [0.4, 0.5) is 0 Å². The summed E-state index contributed by atoms with van der Waals surface area (Å²) >= 11 is 0. The molecule has 0 radical (unpaired) electrons. The minimum Gasteiger partial charge on any atom is -0.388 e. The summed E-state index contributed by atoms with van der Waals surface area (Å²) in [6.45, 7) is 2.53. The van der Waals surface area contributed by atoms with Crippen LogP contribution in [-0.4, -0.2) is 55.5 Å². The van der Waals surface area contributed by atoms with Crippen molar-refractivity contribution in [3.8, 4) is 6.07 Å². The van der Waals surface area contributed by atoms with Gasteiger partial charge in [-0.1, -0.05) is 6.92 Å². The maximum Gasteiger partial charge on any atom is 0.230 e. The van der Waals surface area contributed by atoms with E-state index in [1.54, 1.807) is 13.0 Å². The zero-order valence-corrected chi connectivity index (χ0v) is 11.6. The van der Waals surface area contributed by atoms with Gasteiger partial charge in [0.2, 0.25) is 10.0 Å². The molecule has 0 aromatic rings. The molecule has 1 N–H and O–H groups in total. The number of aliphatic hydroxyl groups is 1. The SMILES string of the molecule is CCC(C#N)S(=O)(=O)N(C)CC1(O)CCOCC1. The van der Waals surface area contributed by atoms with Crippen LogP contribution in [0, 0.1) is 11.3 Å². The summed E-state index contributed by atoms with van der Waals surface area (Å²) in [5.41, 5.74) is -1.05. The smallest absolute Gasteiger partial charge is 0.230 e. The van der Waals surface area contributed by atoms with Gasteiger partial charge in [0.1, 0.15) is 0 Å². The van der Waals surface area contributed by atoms with Gasteiger partial charge in [-0.15, -0.1) is 0 Å². The Hall–Kier alpha value is -0.680. The third kappa shape index (κ3) is 3.42. The van der Waals surface area contributed by atoms with Crippen LogP contribution in [0.5, 0.6) is 0 Å². The van der Waals surface area contributed by atoms with Gasteiger partial charge in [0, 0.05) is 39.6 Å². The maximum atomic E-state index is 12.1. The molecule has 0 spiro atoms. The quantitative estimate of drug-likeness (QED) is 0.768. The van der Waals surface area contributed by atoms with Crippen molar-refractivity contribution in [3.63, 3.8) is 0 Å². The fourth-order valence-corrected chi connectivity index (χ4v) is 3.41. The summed E-state index contributed by atoms with van der Waals surface area (Å²) in [5.74, 6) is 0. The summed E-state index contributed by atoms with van der Waals surface area (Å²) in [7, 11) is -2.26. The summed E-state index contributed by atoms with van der Waals surface area (Å²) in [5, 5.41) is 18.1. The second kappa shape index (κ2) is 5.97. The Bertz CT molecular complexity index is 409. The Balaban J connectivity index is 2.75. The minimum atomic E-state index is -3.67. The van der Waals surface area contributed by atoms with Crippen molar-refractivity contribution in [2.45, 2.75) is 37.0 Å². The molecular formula is C11H20N2O4S. The molecule has 1 rings (SSSR count). The number of nitriles is 1. The number of nitrogens with zero attached hydrogens (tertiary/aromatic N) is 2. The lowest BCUT2D eigenvalue weighted by Gasteiger charge is -2.35. The summed E-state index contributed by atoms with van der Waals surface area (Å²) < 4.78 is 30.4. The van der Waals surface area contributed by atoms with Crippen LogP contribution in [0.15, 0.2) is 0 Å². The Kier molecular flexibility index (Phi) is 5.10. The van der Waals surface area contributed by atoms with Gasteiger partial charge in [-0.25, -0.2) is 12.7 Å². The Morgan fingerprint density at radius 2 is 2.06 bits per heavy atom. The molecule has 0 amide bonds. The Labute approximate surface area is 108 Å². The number of sulfonamides is 1. The van der Waals surface area contributed by atoms with Gasteiger partial charge in [-0.3, -0.25) is 0 Å². The molecule has 104 valence electrons. The molecule has 0 saturated carbocycles. The summed E-state index contributed by atoms with van der Waals surface area (Å²) in [6, 6.07) is 1.79. The predicted molar refractivity (Wildman–Crippen MR) is 66.2 cm³/mol. The lowest BCUT2D eigenvalue weighted by Crippen LogP contribution is -2.49. The maximum absolute atomic E-state index is 12.1. The van der Waals surface area contributed by atoms with Crippen molar-refractivity contribution in [1.82, 2.24) is 4.31 Å². The lowest BCUT2D eigenvalue weighted by molar-refractivity contribution is -0.0689. The van der Waals surface area contributed by atoms with Crippen LogP contribution >= 0.6 is 0 Å². The number of hydrogen-bond donors (Lipinski definition) is 1. The van der Waals surface area contributed by atoms with Crippen molar-refractivity contribution >= 4 is 10.0 Å². The number of ether oxygens (including phenoxy) is 1. The molecule has 1 saturated heterocycles. The first kappa shape index (κ1) is 15.4. The van der Waals surface area contributed by atoms with E-state index in [2.05, 4.69) is 0 Å². The van der Waals surface area contributed by atoms with Crippen LogP contribution in [0.1, 0.15) is 26.2 Å². The lowest BCUT2D eigenvalue weighted by atomic mass is 9.95. The highest BCUT2D eigenvalue weighted by Crippen LogP contribution is 2.23. The second-order valence-electron chi connectivity index (χ2n) is 4.66. The largest absolute Gasteiger partial charge is 0.388 e. The Morgan fingerprint density at radius 1 is 1.50 bits per heavy atom. The standard InChI is InChI=1S/C11H20N2O4S/c1-3-10(8-12)18(15,16)13(2)9-11(14)4-6-17-7-5-11/h10,14H,3-7,9H2,1-2H3. The van der Waals surface area contributed by atoms with E-state index in [-0.39, 0.29) is 13.0 Å². The van der Waals surface area contributed by atoms with Gasteiger partial charge in [0.15, 0.2) is 5.25 Å². The molecule has 1 aliphatic heterocycles. The Morgan fingerprint density at radius 3 is 2.50 bits per heavy atom. The molecular weight excluding hydrogens is 256 g/mol. The molecule has 0 aliphatic carbocycles. The van der Waals surface area contributed by atoms with E-state index in [4.69, 9.17) is 10.00 Å². The molecule has 6 nitrogen and oxygen atoms in total. The zero-order valence-electron chi connectivity index (χ0n) is 10.8. The fourth-order valence-electron chi connectivity index (χ4n) is 2.00. The van der Waals surface area contributed by atoms with Crippen LogP contribution in [-0.2, 0) is 14.8 Å². The molecule has 1 atom stereocenters. The monoisotopic (exact) mass is 276 g/mol. The second-order valence-corrected chi connectivity index (χ2v) is 6.89. The van der Waals surface area contributed by atoms with E-state index in [9.17, 15) is 13.5 Å². The van der Waals surface area contributed by atoms with Crippen LogP contribution in [0.25, 0.3) is 0 Å². The molecule has 7 heteroatoms. The van der Waals surface area contributed by atoms with Crippen LogP contribution in [0.2, 0.25) is 0 Å². The van der Waals surface area contributed by atoms with E-state index in [1.807, 2.05) is 0 Å². The molecule has 0 aromatic carbocycles. The molecule has 18 heavy (non-hydrogen) atoms. The number of rotatable bonds is 5. The van der Waals surface area contributed by atoms with Gasteiger partial charge >= 0.3 is 0 Å². The van der Waals surface area contributed by atoms with Crippen molar-refractivity contribution in [3.05, 3.63) is 0 Å². The third-order valence-corrected chi connectivity index (χ3v) is 5.41. The van der Waals surface area contributed by atoms with E-state index in [1.165, 1.54) is 7.05 Å². The van der Waals surface area contributed by atoms with Gasteiger partial charge in [-0.2, -0.15) is 5.26 Å². The predicted octanol–water partition coefficient (Wildman–Crippen LogP) is 0.0917. The van der Waals surface area contributed by atoms with Crippen molar-refractivity contribution in [2.24, 2.45) is 0 Å². The molecule has 0 aromatic heterocycles. The molecule has 1 aliphatic rings. The van der Waals surface area contributed by atoms with E-state index in [0.717, 1.165) is 4.31 Å². The van der Waals surface area contributed by atoms with E-state index < -0.39 is 20.9 Å². The highest BCUT2D eigenvalue weighted by atomic mass is 32.2. The van der Waals surface area contributed by atoms with Gasteiger partial charge in [0.25, 0.3) is 0 Å². The van der Waals surface area contributed by atoms with Gasteiger partial charge < -0.3 is 9.84 Å². The first-order chi connectivity index (χ1) is 8.35. The summed E-state index contributed by atoms with van der Waals surface area (Å²) in [4.78, 5) is 0. The normalized spacial score (nSPS) is 21.5. The average Bonchev–Trinajstić information content (AvgIpc) is 2.30.